The van der Waals surface area contributed by atoms with Gasteiger partial charge in [0, 0.05) is 89.3 Å². The zero-order valence-corrected chi connectivity index (χ0v) is 51.2. The summed E-state index contributed by atoms with van der Waals surface area (Å²) in [5.41, 5.74) is 22.5. The average Bonchev–Trinajstić information content (AvgIpc) is 0.786. The summed E-state index contributed by atoms with van der Waals surface area (Å²) in [7, 11) is 0. The first-order chi connectivity index (χ1) is 46.6. The lowest BCUT2D eigenvalue weighted by Crippen LogP contribution is -2.10. The van der Waals surface area contributed by atoms with Crippen LogP contribution in [0, 0.1) is 0 Å². The third kappa shape index (κ3) is 9.18. The van der Waals surface area contributed by atoms with Crippen LogP contribution in [-0.4, -0.2) is 19.1 Å². The van der Waals surface area contributed by atoms with Gasteiger partial charge in [-0.2, -0.15) is 0 Å². The standard InChI is InChI=1S/C88H58N6/c1-3-25-63(26-4-1)91(67-49-53-69(54-50-67)93-81-37-15-11-31-75(81)76-32-12-16-38-82(76)93)65-45-41-61(42-46-65)85-86(90-88-80(74-36-20-24-60-22-8-10-30-72(60)74)58-57-79(87(88)89-85)73-35-19-23-59-21-7-9-29-71(59)73)62-43-47-66(48-44-62)92(64-27-5-2-6-28-64)68-51-55-70(56-52-68)94-83-39-17-13-33-77(83)78-34-14-18-40-84(78)94/h1-58H. The van der Waals surface area contributed by atoms with E-state index in [4.69, 9.17) is 9.97 Å². The largest absolute Gasteiger partial charge is 0.311 e. The molecule has 18 aromatic rings. The van der Waals surface area contributed by atoms with Crippen LogP contribution in [0.4, 0.5) is 34.1 Å². The number of fused-ring (bicyclic) bond motifs is 9. The summed E-state index contributed by atoms with van der Waals surface area (Å²) >= 11 is 0. The van der Waals surface area contributed by atoms with E-state index in [9.17, 15) is 0 Å². The van der Waals surface area contributed by atoms with Crippen LogP contribution in [0.15, 0.2) is 352 Å². The minimum Gasteiger partial charge on any atom is -0.311 e. The van der Waals surface area contributed by atoms with E-state index in [1.165, 1.54) is 54.4 Å². The molecule has 6 heteroatoms. The van der Waals surface area contributed by atoms with Gasteiger partial charge < -0.3 is 18.9 Å². The molecule has 440 valence electrons. The number of anilines is 6. The van der Waals surface area contributed by atoms with Gasteiger partial charge >= 0.3 is 0 Å². The van der Waals surface area contributed by atoms with Crippen LogP contribution in [0.25, 0.3) is 132 Å². The van der Waals surface area contributed by atoms with Gasteiger partial charge in [0.05, 0.1) is 44.5 Å². The van der Waals surface area contributed by atoms with Gasteiger partial charge in [0.15, 0.2) is 0 Å². The molecule has 0 spiro atoms. The van der Waals surface area contributed by atoms with Crippen molar-refractivity contribution < 1.29 is 0 Å². The summed E-state index contributed by atoms with van der Waals surface area (Å²) in [6.45, 7) is 0. The van der Waals surface area contributed by atoms with Gasteiger partial charge in [0.25, 0.3) is 0 Å². The Hall–Kier alpha value is -12.6. The van der Waals surface area contributed by atoms with E-state index >= 15 is 0 Å². The summed E-state index contributed by atoms with van der Waals surface area (Å²) < 4.78 is 4.74. The van der Waals surface area contributed by atoms with Crippen LogP contribution in [0.1, 0.15) is 0 Å². The topological polar surface area (TPSA) is 42.1 Å². The molecule has 15 aromatic carbocycles. The Morgan fingerprint density at radius 2 is 0.479 bits per heavy atom. The molecule has 0 atom stereocenters. The molecule has 0 aliphatic carbocycles. The van der Waals surface area contributed by atoms with Crippen molar-refractivity contribution in [3.63, 3.8) is 0 Å². The maximum atomic E-state index is 5.97. The van der Waals surface area contributed by atoms with Crippen molar-refractivity contribution in [1.82, 2.24) is 19.1 Å². The molecule has 0 radical (unpaired) electrons. The molecule has 0 aliphatic heterocycles. The molecular formula is C88H58N6. The Morgan fingerprint density at radius 3 is 0.830 bits per heavy atom. The zero-order chi connectivity index (χ0) is 62.1. The fraction of sp³-hybridized carbons (Fsp3) is 0. The highest BCUT2D eigenvalue weighted by Crippen LogP contribution is 2.45. The van der Waals surface area contributed by atoms with E-state index in [-0.39, 0.29) is 0 Å². The highest BCUT2D eigenvalue weighted by Gasteiger charge is 2.24. The zero-order valence-electron chi connectivity index (χ0n) is 51.2. The van der Waals surface area contributed by atoms with Crippen LogP contribution >= 0.6 is 0 Å². The first-order valence-electron chi connectivity index (χ1n) is 32.0. The molecule has 0 unspecified atom stereocenters. The van der Waals surface area contributed by atoms with E-state index in [0.717, 1.165) is 112 Å². The molecular weight excluding hydrogens is 1140 g/mol. The Bertz CT molecular complexity index is 5410. The molecule has 3 aromatic heterocycles. The number of hydrogen-bond acceptors (Lipinski definition) is 4. The van der Waals surface area contributed by atoms with Crippen LogP contribution in [0.2, 0.25) is 0 Å². The third-order valence-corrected chi connectivity index (χ3v) is 18.7. The van der Waals surface area contributed by atoms with Gasteiger partial charge in [-0.15, -0.1) is 0 Å². The molecule has 18 rings (SSSR count). The van der Waals surface area contributed by atoms with Crippen molar-refractivity contribution in [2.24, 2.45) is 0 Å². The van der Waals surface area contributed by atoms with Crippen molar-refractivity contribution in [3.8, 4) is 56.1 Å². The van der Waals surface area contributed by atoms with E-state index in [1.807, 2.05) is 0 Å². The molecule has 0 bridgehead atoms. The van der Waals surface area contributed by atoms with Gasteiger partial charge in [0.1, 0.15) is 0 Å². The fourth-order valence-corrected chi connectivity index (χ4v) is 14.4. The van der Waals surface area contributed by atoms with Gasteiger partial charge in [-0.3, -0.25) is 0 Å². The van der Waals surface area contributed by atoms with E-state index in [2.05, 4.69) is 371 Å². The molecule has 0 N–H and O–H groups in total. The second-order valence-electron chi connectivity index (χ2n) is 24.0. The minimum absolute atomic E-state index is 0.783. The van der Waals surface area contributed by atoms with Crippen molar-refractivity contribution in [3.05, 3.63) is 352 Å². The molecule has 0 amide bonds. The quantitative estimate of drug-likeness (QED) is 0.122. The normalized spacial score (nSPS) is 11.6. The molecule has 94 heavy (non-hydrogen) atoms. The molecule has 6 nitrogen and oxygen atoms in total. The lowest BCUT2D eigenvalue weighted by molar-refractivity contribution is 1.17. The Labute approximate surface area is 544 Å². The first-order valence-corrected chi connectivity index (χ1v) is 32.0. The second-order valence-corrected chi connectivity index (χ2v) is 24.0. The number of rotatable bonds is 12. The van der Waals surface area contributed by atoms with E-state index < -0.39 is 0 Å². The predicted molar refractivity (Wildman–Crippen MR) is 394 cm³/mol. The number of nitrogens with zero attached hydrogens (tertiary/aromatic N) is 6. The van der Waals surface area contributed by atoms with Crippen LogP contribution in [0.3, 0.4) is 0 Å². The lowest BCUT2D eigenvalue weighted by Gasteiger charge is -2.26. The maximum Gasteiger partial charge on any atom is 0.0979 e. The van der Waals surface area contributed by atoms with Gasteiger partial charge in [-0.05, 0) is 154 Å². The summed E-state index contributed by atoms with van der Waals surface area (Å²) in [5.74, 6) is 0. The number of aromatic nitrogens is 4. The summed E-state index contributed by atoms with van der Waals surface area (Å²) in [6, 6.07) is 127. The van der Waals surface area contributed by atoms with E-state index in [0.29, 0.717) is 0 Å². The number of hydrogen-bond donors (Lipinski definition) is 0. The van der Waals surface area contributed by atoms with Crippen LogP contribution in [0.5, 0.6) is 0 Å². The van der Waals surface area contributed by atoms with Crippen LogP contribution in [-0.2, 0) is 0 Å². The molecule has 0 saturated heterocycles. The second kappa shape index (κ2) is 22.7. The van der Waals surface area contributed by atoms with Crippen molar-refractivity contribution in [1.29, 1.82) is 0 Å². The fourth-order valence-electron chi connectivity index (χ4n) is 14.4. The highest BCUT2D eigenvalue weighted by atomic mass is 15.1. The molecule has 0 fully saturated rings. The Morgan fingerprint density at radius 1 is 0.202 bits per heavy atom. The van der Waals surface area contributed by atoms with Crippen LogP contribution < -0.4 is 9.80 Å². The minimum atomic E-state index is 0.783. The van der Waals surface area contributed by atoms with Crippen molar-refractivity contribution in [2.45, 2.75) is 0 Å². The summed E-state index contributed by atoms with van der Waals surface area (Å²) in [6.07, 6.45) is 0. The molecule has 0 saturated carbocycles. The van der Waals surface area contributed by atoms with Gasteiger partial charge in [-0.1, -0.05) is 231 Å². The average molecular weight is 1200 g/mol. The van der Waals surface area contributed by atoms with Crippen molar-refractivity contribution >= 4 is 110 Å². The van der Waals surface area contributed by atoms with Gasteiger partial charge in [0.2, 0.25) is 0 Å². The monoisotopic (exact) mass is 1200 g/mol. The predicted octanol–water partition coefficient (Wildman–Crippen LogP) is 23.7. The van der Waals surface area contributed by atoms with Gasteiger partial charge in [-0.25, -0.2) is 9.97 Å². The smallest absolute Gasteiger partial charge is 0.0979 e. The first kappa shape index (κ1) is 54.3. The molecule has 3 heterocycles. The molecule has 0 aliphatic rings. The van der Waals surface area contributed by atoms with E-state index in [1.54, 1.807) is 0 Å². The highest BCUT2D eigenvalue weighted by molar-refractivity contribution is 6.13. The van der Waals surface area contributed by atoms with Crippen molar-refractivity contribution in [2.75, 3.05) is 9.80 Å². The third-order valence-electron chi connectivity index (χ3n) is 18.7. The lowest BCUT2D eigenvalue weighted by atomic mass is 9.91. The summed E-state index contributed by atoms with van der Waals surface area (Å²) in [5, 5.41) is 9.60. The Balaban J connectivity index is 0.800. The number of benzene rings is 15. The number of para-hydroxylation sites is 6. The SMILES string of the molecule is c1ccc(N(c2ccc(-c3nc4c(-c5cccc6ccccc56)ccc(-c5cccc6ccccc56)c4nc3-c3ccc(N(c4ccccc4)c4ccc(-n5c6ccccc6c6ccccc65)cc4)cc3)cc2)c2ccc(-n3c4ccccc4c4ccccc43)cc2)cc1. The Kier molecular flexibility index (Phi) is 13.1. The summed E-state index contributed by atoms with van der Waals surface area (Å²) in [4.78, 5) is 16.6. The maximum absolute atomic E-state index is 5.97.